The third kappa shape index (κ3) is 9.61. The topological polar surface area (TPSA) is 26.3 Å². The smallest absolute Gasteiger partial charge is 0.192 e. The fourth-order valence-electron chi connectivity index (χ4n) is 2.75. The summed E-state index contributed by atoms with van der Waals surface area (Å²) in [6.45, 7) is 15.3. The highest BCUT2D eigenvalue weighted by Crippen LogP contribution is 2.38. The molecule has 0 aromatic heterocycles. The molecule has 0 fully saturated rings. The molecule has 0 spiro atoms. The second-order valence-corrected chi connectivity index (χ2v) is 14.1. The number of allylic oxidation sites excluding steroid dienone is 1. The van der Waals surface area contributed by atoms with Gasteiger partial charge in [0.1, 0.15) is 5.78 Å². The van der Waals surface area contributed by atoms with Crippen LogP contribution in [0.4, 0.5) is 0 Å². The molecule has 0 saturated carbocycles. The number of rotatable bonds is 10. The van der Waals surface area contributed by atoms with Crippen molar-refractivity contribution in [2.75, 3.05) is 0 Å². The number of carbonyl (C=O) groups is 1. The summed E-state index contributed by atoms with van der Waals surface area (Å²) in [7, 11) is -1.94. The van der Waals surface area contributed by atoms with Gasteiger partial charge in [-0.15, -0.1) is 0 Å². The Hall–Kier alpha value is -1.63. The molecule has 3 heteroatoms. The lowest BCUT2D eigenvalue weighted by Crippen LogP contribution is -2.44. The molecule has 1 aromatic carbocycles. The van der Waals surface area contributed by atoms with Crippen LogP contribution in [0.15, 0.2) is 42.0 Å². The molecule has 1 rings (SSSR count). The van der Waals surface area contributed by atoms with Crippen LogP contribution in [0.5, 0.6) is 0 Å². The maximum Gasteiger partial charge on any atom is 0.192 e. The molecule has 0 radical (unpaired) electrons. The van der Waals surface area contributed by atoms with Crippen LogP contribution in [0.25, 0.3) is 0 Å². The molecule has 1 aromatic rings. The first-order chi connectivity index (χ1) is 13.6. The van der Waals surface area contributed by atoms with Crippen LogP contribution in [0.1, 0.15) is 78.7 Å². The van der Waals surface area contributed by atoms with Crippen LogP contribution in [0.3, 0.4) is 0 Å². The Labute approximate surface area is 180 Å². The summed E-state index contributed by atoms with van der Waals surface area (Å²) >= 11 is 0. The molecule has 2 nitrogen and oxygen atoms in total. The van der Waals surface area contributed by atoms with Gasteiger partial charge in [0.15, 0.2) is 8.32 Å². The van der Waals surface area contributed by atoms with E-state index >= 15 is 0 Å². The van der Waals surface area contributed by atoms with Crippen molar-refractivity contribution >= 4 is 14.1 Å². The second-order valence-electron chi connectivity index (χ2n) is 9.38. The lowest BCUT2D eigenvalue weighted by atomic mass is 10.0. The molecule has 0 aliphatic carbocycles. The Morgan fingerprint density at radius 1 is 1.17 bits per heavy atom. The molecule has 0 aliphatic heterocycles. The van der Waals surface area contributed by atoms with E-state index in [-0.39, 0.29) is 16.9 Å². The van der Waals surface area contributed by atoms with Gasteiger partial charge >= 0.3 is 0 Å². The molecule has 0 heterocycles. The average Bonchev–Trinajstić information content (AvgIpc) is 2.63. The van der Waals surface area contributed by atoms with E-state index in [4.69, 9.17) is 4.43 Å². The molecule has 0 amide bonds. The van der Waals surface area contributed by atoms with E-state index in [0.717, 1.165) is 30.4 Å². The summed E-state index contributed by atoms with van der Waals surface area (Å²) in [5.41, 5.74) is 2.04. The predicted octanol–water partition coefficient (Wildman–Crippen LogP) is 7.30. The van der Waals surface area contributed by atoms with Crippen molar-refractivity contribution < 1.29 is 9.22 Å². The Morgan fingerprint density at radius 2 is 1.83 bits per heavy atom. The van der Waals surface area contributed by atoms with Crippen LogP contribution >= 0.6 is 0 Å². The summed E-state index contributed by atoms with van der Waals surface area (Å²) < 4.78 is 6.84. The van der Waals surface area contributed by atoms with Crippen molar-refractivity contribution in [3.05, 3.63) is 47.5 Å². The highest BCUT2D eigenvalue weighted by molar-refractivity contribution is 6.74. The number of carbonyl (C=O) groups excluding carboxylic acids is 1. The van der Waals surface area contributed by atoms with Gasteiger partial charge in [0.2, 0.25) is 0 Å². The van der Waals surface area contributed by atoms with E-state index in [2.05, 4.69) is 58.7 Å². The maximum atomic E-state index is 11.5. The zero-order valence-electron chi connectivity index (χ0n) is 19.6. The van der Waals surface area contributed by atoms with Gasteiger partial charge in [0.05, 0.1) is 6.10 Å². The minimum Gasteiger partial charge on any atom is -0.409 e. The van der Waals surface area contributed by atoms with E-state index in [0.29, 0.717) is 6.42 Å². The van der Waals surface area contributed by atoms with Crippen molar-refractivity contribution in [2.24, 2.45) is 0 Å². The number of unbranched alkanes of at least 4 members (excludes halogenated alkanes) is 2. The largest absolute Gasteiger partial charge is 0.409 e. The summed E-state index contributed by atoms with van der Waals surface area (Å²) in [5.74, 6) is 6.93. The lowest BCUT2D eigenvalue weighted by molar-refractivity contribution is -0.116. The Morgan fingerprint density at radius 3 is 2.38 bits per heavy atom. The van der Waals surface area contributed by atoms with E-state index in [1.807, 2.05) is 30.3 Å². The van der Waals surface area contributed by atoms with E-state index < -0.39 is 8.32 Å². The fourth-order valence-corrected chi connectivity index (χ4v) is 4.06. The average molecular weight is 413 g/mol. The number of Topliss-reactive ketones (excluding diaryl/α,β-unsaturated/α-hetero) is 1. The van der Waals surface area contributed by atoms with Gasteiger partial charge in [-0.25, -0.2) is 0 Å². The SMILES string of the molecule is CCCCCC(O[Si](C)(C)C(C)(C)C)/C(C#Cc1ccccc1)=C/CCC(C)=O. The lowest BCUT2D eigenvalue weighted by Gasteiger charge is -2.39. The zero-order valence-corrected chi connectivity index (χ0v) is 20.6. The van der Waals surface area contributed by atoms with Crippen LogP contribution < -0.4 is 0 Å². The van der Waals surface area contributed by atoms with Crippen LogP contribution in [0.2, 0.25) is 18.1 Å². The van der Waals surface area contributed by atoms with Crippen LogP contribution in [-0.2, 0) is 9.22 Å². The zero-order chi connectivity index (χ0) is 21.9. The Balaban J connectivity index is 3.21. The molecule has 0 saturated heterocycles. The number of benzene rings is 1. The molecule has 1 unspecified atom stereocenters. The van der Waals surface area contributed by atoms with Crippen molar-refractivity contribution in [1.29, 1.82) is 0 Å². The van der Waals surface area contributed by atoms with Gasteiger partial charge in [-0.1, -0.05) is 83.1 Å². The molecule has 160 valence electrons. The highest BCUT2D eigenvalue weighted by atomic mass is 28.4. The van der Waals surface area contributed by atoms with Crippen LogP contribution in [0, 0.1) is 11.8 Å². The first kappa shape index (κ1) is 25.4. The van der Waals surface area contributed by atoms with Gasteiger partial charge in [-0.05, 0) is 50.0 Å². The van der Waals surface area contributed by atoms with E-state index in [1.54, 1.807) is 6.92 Å². The van der Waals surface area contributed by atoms with Crippen LogP contribution in [-0.4, -0.2) is 20.2 Å². The number of hydrogen-bond donors (Lipinski definition) is 0. The third-order valence-electron chi connectivity index (χ3n) is 5.65. The van der Waals surface area contributed by atoms with Crippen molar-refractivity contribution in [3.8, 4) is 11.8 Å². The summed E-state index contributed by atoms with van der Waals surface area (Å²) in [6.07, 6.45) is 7.92. The van der Waals surface area contributed by atoms with Gasteiger partial charge < -0.3 is 9.22 Å². The third-order valence-corrected chi connectivity index (χ3v) is 10.1. The van der Waals surface area contributed by atoms with Gasteiger partial charge in [0, 0.05) is 17.6 Å². The summed E-state index contributed by atoms with van der Waals surface area (Å²) in [4.78, 5) is 11.5. The first-order valence-corrected chi connectivity index (χ1v) is 13.9. The molecule has 1 atom stereocenters. The quantitative estimate of drug-likeness (QED) is 0.229. The summed E-state index contributed by atoms with van der Waals surface area (Å²) in [6, 6.07) is 10.1. The molecule has 0 N–H and O–H groups in total. The highest BCUT2D eigenvalue weighted by Gasteiger charge is 2.39. The number of ketones is 1. The minimum absolute atomic E-state index is 0.00520. The number of hydrogen-bond acceptors (Lipinski definition) is 2. The van der Waals surface area contributed by atoms with E-state index in [1.165, 1.54) is 12.8 Å². The molecule has 0 bridgehead atoms. The van der Waals surface area contributed by atoms with Gasteiger partial charge in [-0.3, -0.25) is 0 Å². The normalized spacial score (nSPS) is 13.6. The van der Waals surface area contributed by atoms with Gasteiger partial charge in [0.25, 0.3) is 0 Å². The summed E-state index contributed by atoms with van der Waals surface area (Å²) in [5, 5.41) is 0.146. The molecule has 29 heavy (non-hydrogen) atoms. The van der Waals surface area contributed by atoms with Crippen molar-refractivity contribution in [2.45, 2.75) is 97.4 Å². The Kier molecular flexibility index (Phi) is 10.6. The van der Waals surface area contributed by atoms with Crippen molar-refractivity contribution in [3.63, 3.8) is 0 Å². The maximum absolute atomic E-state index is 11.5. The predicted molar refractivity (Wildman–Crippen MR) is 128 cm³/mol. The minimum atomic E-state index is -1.94. The molecular formula is C26H40O2Si. The fraction of sp³-hybridized carbons (Fsp3) is 0.577. The monoisotopic (exact) mass is 412 g/mol. The molecular weight excluding hydrogens is 372 g/mol. The second kappa shape index (κ2) is 12.2. The van der Waals surface area contributed by atoms with E-state index in [9.17, 15) is 4.79 Å². The molecule has 0 aliphatic rings. The standard InChI is InChI=1S/C26H40O2Si/c1-8-9-11-19-25(28-29(6,7)26(3,4)5)24(18-14-15-22(2)27)21-20-23-16-12-10-13-17-23/h10,12-13,16-18,25H,8-9,11,14-15,19H2,1-7H3/b24-18+. The first-order valence-electron chi connectivity index (χ1n) is 11.0. The van der Waals surface area contributed by atoms with Crippen molar-refractivity contribution in [1.82, 2.24) is 0 Å². The Bertz CT molecular complexity index is 715. The van der Waals surface area contributed by atoms with Gasteiger partial charge in [-0.2, -0.15) is 0 Å².